The summed E-state index contributed by atoms with van der Waals surface area (Å²) in [7, 11) is -3.49. The number of carbonyl (C=O) groups is 1. The molecule has 1 fully saturated rings. The number of fused-ring (bicyclic) bond motifs is 1. The minimum atomic E-state index is -3.49. The number of hydrogen-bond donors (Lipinski definition) is 0. The summed E-state index contributed by atoms with van der Waals surface area (Å²) in [5, 5.41) is 0. The number of rotatable bonds is 4. The normalized spacial score (nSPS) is 19.2. The first-order chi connectivity index (χ1) is 13.9. The molecular formula is C22H27N3O3S. The summed E-state index contributed by atoms with van der Waals surface area (Å²) < 4.78 is 27.3. The van der Waals surface area contributed by atoms with Crippen molar-refractivity contribution >= 4 is 21.6 Å². The highest BCUT2D eigenvalue weighted by Gasteiger charge is 2.34. The minimum Gasteiger partial charge on any atom is -0.310 e. The molecule has 7 heteroatoms. The van der Waals surface area contributed by atoms with Gasteiger partial charge in [0.1, 0.15) is 0 Å². The predicted molar refractivity (Wildman–Crippen MR) is 113 cm³/mol. The number of amides is 1. The average molecular weight is 414 g/mol. The summed E-state index contributed by atoms with van der Waals surface area (Å²) >= 11 is 0. The van der Waals surface area contributed by atoms with E-state index in [-0.39, 0.29) is 11.9 Å². The number of anilines is 1. The number of aryl methyl sites for hydroxylation is 1. The van der Waals surface area contributed by atoms with E-state index >= 15 is 0 Å². The van der Waals surface area contributed by atoms with Gasteiger partial charge in [-0.25, -0.2) is 8.42 Å². The van der Waals surface area contributed by atoms with Gasteiger partial charge in [0.2, 0.25) is 15.9 Å². The molecule has 29 heavy (non-hydrogen) atoms. The van der Waals surface area contributed by atoms with Gasteiger partial charge in [-0.15, -0.1) is 0 Å². The van der Waals surface area contributed by atoms with E-state index in [2.05, 4.69) is 11.0 Å². The van der Waals surface area contributed by atoms with Gasteiger partial charge < -0.3 is 4.90 Å². The number of carbonyl (C=O) groups excluding carboxylic acids is 1. The van der Waals surface area contributed by atoms with E-state index in [1.165, 1.54) is 9.87 Å². The SMILES string of the molecule is Cc1ccc(S(=O)(=O)N2CCN([C@@H](C)C(=O)N3CCc4ccccc43)CC2)cc1. The van der Waals surface area contributed by atoms with Crippen LogP contribution in [0, 0.1) is 6.92 Å². The van der Waals surface area contributed by atoms with Crippen molar-refractivity contribution in [1.29, 1.82) is 0 Å². The molecule has 2 aliphatic rings. The van der Waals surface area contributed by atoms with E-state index in [9.17, 15) is 13.2 Å². The molecule has 1 atom stereocenters. The quantitative estimate of drug-likeness (QED) is 0.772. The fraction of sp³-hybridized carbons (Fsp3) is 0.409. The molecule has 2 heterocycles. The summed E-state index contributed by atoms with van der Waals surface area (Å²) in [6.45, 7) is 6.46. The third-order valence-corrected chi connectivity index (χ3v) is 7.90. The van der Waals surface area contributed by atoms with Gasteiger partial charge in [0, 0.05) is 38.4 Å². The van der Waals surface area contributed by atoms with Crippen LogP contribution < -0.4 is 4.90 Å². The maximum atomic E-state index is 13.1. The van der Waals surface area contributed by atoms with Crippen LogP contribution in [0.15, 0.2) is 53.4 Å². The topological polar surface area (TPSA) is 60.9 Å². The molecule has 1 saturated heterocycles. The zero-order valence-corrected chi connectivity index (χ0v) is 17.7. The highest BCUT2D eigenvalue weighted by atomic mass is 32.2. The number of para-hydroxylation sites is 1. The predicted octanol–water partition coefficient (Wildman–Crippen LogP) is 2.28. The summed E-state index contributed by atoms with van der Waals surface area (Å²) in [6.07, 6.45) is 0.886. The van der Waals surface area contributed by atoms with Crippen LogP contribution >= 0.6 is 0 Å². The summed E-state index contributed by atoms with van der Waals surface area (Å²) in [5.74, 6) is 0.0878. The Morgan fingerprint density at radius 2 is 1.59 bits per heavy atom. The van der Waals surface area contributed by atoms with Crippen LogP contribution in [0.4, 0.5) is 5.69 Å². The van der Waals surface area contributed by atoms with E-state index in [1.807, 2.05) is 49.1 Å². The van der Waals surface area contributed by atoms with Crippen LogP contribution in [-0.2, 0) is 21.2 Å². The second kappa shape index (κ2) is 7.89. The Kier molecular flexibility index (Phi) is 5.46. The van der Waals surface area contributed by atoms with Gasteiger partial charge in [-0.05, 0) is 44.0 Å². The Bertz CT molecular complexity index is 996. The van der Waals surface area contributed by atoms with Crippen molar-refractivity contribution < 1.29 is 13.2 Å². The molecule has 0 spiro atoms. The van der Waals surface area contributed by atoms with E-state index in [1.54, 1.807) is 12.1 Å². The Balaban J connectivity index is 1.40. The molecule has 1 amide bonds. The first-order valence-corrected chi connectivity index (χ1v) is 11.5. The van der Waals surface area contributed by atoms with Gasteiger partial charge in [-0.2, -0.15) is 4.31 Å². The molecule has 0 bridgehead atoms. The number of nitrogens with zero attached hydrogens (tertiary/aromatic N) is 3. The first kappa shape index (κ1) is 20.1. The molecule has 0 saturated carbocycles. The number of piperazine rings is 1. The van der Waals surface area contributed by atoms with E-state index < -0.39 is 10.0 Å². The molecule has 0 N–H and O–H groups in total. The molecule has 2 aliphatic heterocycles. The third kappa shape index (κ3) is 3.82. The smallest absolute Gasteiger partial charge is 0.244 e. The molecule has 2 aromatic carbocycles. The first-order valence-electron chi connectivity index (χ1n) is 10.1. The number of hydrogen-bond acceptors (Lipinski definition) is 4. The van der Waals surface area contributed by atoms with Crippen LogP contribution in [-0.4, -0.2) is 62.3 Å². The van der Waals surface area contributed by atoms with Crippen LogP contribution in [0.5, 0.6) is 0 Å². The van der Waals surface area contributed by atoms with Gasteiger partial charge >= 0.3 is 0 Å². The second-order valence-corrected chi connectivity index (χ2v) is 9.74. The standard InChI is InChI=1S/C22H27N3O3S/c1-17-7-9-20(10-8-17)29(27,28)24-15-13-23(14-16-24)18(2)22(26)25-12-11-19-5-3-4-6-21(19)25/h3-10,18H,11-16H2,1-2H3/t18-/m0/s1. The molecule has 0 unspecified atom stereocenters. The molecule has 6 nitrogen and oxygen atoms in total. The van der Waals surface area contributed by atoms with Crippen LogP contribution in [0.2, 0.25) is 0 Å². The summed E-state index contributed by atoms with van der Waals surface area (Å²) in [6, 6.07) is 14.7. The maximum absolute atomic E-state index is 13.1. The van der Waals surface area contributed by atoms with Crippen molar-refractivity contribution in [3.05, 3.63) is 59.7 Å². The largest absolute Gasteiger partial charge is 0.310 e. The lowest BCUT2D eigenvalue weighted by Crippen LogP contribution is -2.55. The van der Waals surface area contributed by atoms with Crippen molar-refractivity contribution in [2.24, 2.45) is 0 Å². The van der Waals surface area contributed by atoms with Crippen LogP contribution in [0.3, 0.4) is 0 Å². The molecule has 154 valence electrons. The van der Waals surface area contributed by atoms with E-state index in [0.29, 0.717) is 37.6 Å². The summed E-state index contributed by atoms with van der Waals surface area (Å²) in [4.78, 5) is 17.4. The fourth-order valence-corrected chi connectivity index (χ4v) is 5.56. The molecule has 0 aromatic heterocycles. The molecule has 0 radical (unpaired) electrons. The van der Waals surface area contributed by atoms with Crippen molar-refractivity contribution in [1.82, 2.24) is 9.21 Å². The zero-order chi connectivity index (χ0) is 20.6. The maximum Gasteiger partial charge on any atom is 0.244 e. The number of benzene rings is 2. The monoisotopic (exact) mass is 413 g/mol. The highest BCUT2D eigenvalue weighted by Crippen LogP contribution is 2.29. The Hall–Kier alpha value is -2.22. The van der Waals surface area contributed by atoms with Gasteiger partial charge in [0.15, 0.2) is 0 Å². The number of sulfonamides is 1. The minimum absolute atomic E-state index is 0.0878. The highest BCUT2D eigenvalue weighted by molar-refractivity contribution is 7.89. The van der Waals surface area contributed by atoms with Crippen LogP contribution in [0.25, 0.3) is 0 Å². The summed E-state index contributed by atoms with van der Waals surface area (Å²) in [5.41, 5.74) is 3.25. The zero-order valence-electron chi connectivity index (χ0n) is 16.9. The van der Waals surface area contributed by atoms with Gasteiger partial charge in [-0.1, -0.05) is 35.9 Å². The lowest BCUT2D eigenvalue weighted by molar-refractivity contribution is -0.123. The van der Waals surface area contributed by atoms with E-state index in [0.717, 1.165) is 17.7 Å². The van der Waals surface area contributed by atoms with Crippen molar-refractivity contribution in [2.75, 3.05) is 37.6 Å². The molecule has 4 rings (SSSR count). The molecular weight excluding hydrogens is 386 g/mol. The van der Waals surface area contributed by atoms with Gasteiger partial charge in [0.05, 0.1) is 10.9 Å². The Morgan fingerprint density at radius 3 is 2.28 bits per heavy atom. The Labute approximate surface area is 172 Å². The van der Waals surface area contributed by atoms with Gasteiger partial charge in [0.25, 0.3) is 0 Å². The van der Waals surface area contributed by atoms with Crippen molar-refractivity contribution in [2.45, 2.75) is 31.2 Å². The fourth-order valence-electron chi connectivity index (χ4n) is 4.14. The van der Waals surface area contributed by atoms with Crippen molar-refractivity contribution in [3.63, 3.8) is 0 Å². The average Bonchev–Trinajstić information content (AvgIpc) is 3.17. The molecule has 2 aromatic rings. The Morgan fingerprint density at radius 1 is 0.931 bits per heavy atom. The third-order valence-electron chi connectivity index (χ3n) is 5.99. The second-order valence-electron chi connectivity index (χ2n) is 7.80. The lowest BCUT2D eigenvalue weighted by Gasteiger charge is -2.38. The van der Waals surface area contributed by atoms with Crippen LogP contribution in [0.1, 0.15) is 18.1 Å². The van der Waals surface area contributed by atoms with Crippen molar-refractivity contribution in [3.8, 4) is 0 Å². The molecule has 0 aliphatic carbocycles. The van der Waals surface area contributed by atoms with Gasteiger partial charge in [-0.3, -0.25) is 9.69 Å². The lowest BCUT2D eigenvalue weighted by atomic mass is 10.1. The van der Waals surface area contributed by atoms with E-state index in [4.69, 9.17) is 0 Å².